The average molecular weight is 1880 g/mol. The molecule has 4 aliphatic heterocycles. The van der Waals surface area contributed by atoms with Crippen LogP contribution in [-0.4, -0.2) is 58.0 Å². The summed E-state index contributed by atoms with van der Waals surface area (Å²) < 4.78 is 25.3. The third-order valence-corrected chi connectivity index (χ3v) is 37.8. The van der Waals surface area contributed by atoms with E-state index in [9.17, 15) is 0 Å². The van der Waals surface area contributed by atoms with Crippen molar-refractivity contribution in [2.45, 2.75) is 59.1 Å². The molecule has 0 spiro atoms. The van der Waals surface area contributed by atoms with Crippen molar-refractivity contribution in [1.82, 2.24) is 0 Å². The van der Waals surface area contributed by atoms with Gasteiger partial charge >= 0.3 is 754 Å². The number of hydrogen-bond donors (Lipinski definition) is 0. The number of fused-ring (bicyclic) bond motifs is 24. The van der Waals surface area contributed by atoms with Gasteiger partial charge in [0, 0.05) is 0 Å². The summed E-state index contributed by atoms with van der Waals surface area (Å²) in [5, 5.41) is 26.0. The van der Waals surface area contributed by atoms with Crippen molar-refractivity contribution in [3.05, 3.63) is 351 Å². The van der Waals surface area contributed by atoms with Crippen LogP contribution in [0.5, 0.6) is 23.0 Å². The van der Waals surface area contributed by atoms with Crippen LogP contribution >= 0.6 is 23.5 Å². The van der Waals surface area contributed by atoms with Gasteiger partial charge in [0.05, 0.1) is 0 Å². The SMILES string of the molecule is CC(C)c1ccc2c(N3c4ccccc4Oc4cc5c(cc43)[se]c3ccccc35)c3cc(C(C)C)ccc3c(N3c4ccccc4Oc4cc5c(cc43)[se]c3ccccc35)c2c1.c1ccc2c(c1)Sc1cc3c(cc1N2c1ccc2c4cccc5c(N6c7ccccc7Sc7cc8c(cc76)[se]c6ccccc68)ccc(c6cccc1c62)c54)[se]c1ccccc13. The van der Waals surface area contributed by atoms with Crippen molar-refractivity contribution < 1.29 is 9.47 Å². The van der Waals surface area contributed by atoms with Crippen LogP contribution in [0.4, 0.5) is 68.2 Å². The number of ether oxygens (including phenoxy) is 2. The minimum absolute atomic E-state index is 0.189. The molecule has 0 saturated heterocycles. The Labute approximate surface area is 746 Å². The quantitative estimate of drug-likeness (QED) is 0.0925. The van der Waals surface area contributed by atoms with Gasteiger partial charge in [0.1, 0.15) is 0 Å². The molecule has 24 aromatic rings. The maximum absolute atomic E-state index is 6.91. The molecule has 6 nitrogen and oxygen atoms in total. The van der Waals surface area contributed by atoms with Gasteiger partial charge in [-0.05, 0) is 0 Å². The second-order valence-electron chi connectivity index (χ2n) is 33.6. The molecule has 586 valence electrons. The molecule has 8 heterocycles. The van der Waals surface area contributed by atoms with Gasteiger partial charge < -0.3 is 0 Å². The molecule has 0 saturated carbocycles. The zero-order valence-corrected chi connectivity index (χ0v) is 76.0. The van der Waals surface area contributed by atoms with E-state index >= 15 is 0 Å². The topological polar surface area (TPSA) is 31.4 Å². The Morgan fingerprint density at radius 2 is 0.524 bits per heavy atom. The molecule has 0 bridgehead atoms. The summed E-state index contributed by atoms with van der Waals surface area (Å²) in [6, 6.07) is 128. The molecule has 12 heteroatoms. The van der Waals surface area contributed by atoms with Gasteiger partial charge in [0.2, 0.25) is 0 Å². The standard InChI is InChI=1S/C56H40N2O2Se2.C56H30N2S2Se2/c1-31(2)33-21-23-37-41(25-33)55(57-43-15-7-9-17-47(43)59-49-27-39-35-13-5-11-19-51(35)61-53(39)29-45(49)57)38-24-22-34(32(3)4)26-42(38)56(37)58-44-16-8-10-18-48(44)60-50-28-40-36-14-6-12-20-52(36)62-54(40)30-46(50)58;1-7-21-51-31(11-1)39-27-49-45(29-53(39)61-51)57(43-17-3-5-19-47(43)59-49)41-25-23-35-34-14-10-16-38-42(26-24-36(56(34)38)33-13-9-15-37(41)55(33)35)58-44-18-4-6-20-48(44)60-50-28-40-32-12-2-8-22-52(32)62-54(40)30-46(50)58/h5-32H,1-4H3;1-30H. The van der Waals surface area contributed by atoms with Crippen LogP contribution in [-0.2, 0) is 0 Å². The Morgan fingerprint density at radius 1 is 0.202 bits per heavy atom. The Balaban J connectivity index is 0.000000130. The zero-order valence-electron chi connectivity index (χ0n) is 67.5. The molecular weight excluding hydrogens is 1810 g/mol. The van der Waals surface area contributed by atoms with E-state index in [-0.39, 0.29) is 58.0 Å². The molecule has 20 aromatic carbocycles. The van der Waals surface area contributed by atoms with Crippen molar-refractivity contribution in [1.29, 1.82) is 0 Å². The number of nitrogens with zero attached hydrogens (tertiary/aromatic N) is 4. The van der Waals surface area contributed by atoms with Gasteiger partial charge in [-0.1, -0.05) is 0 Å². The van der Waals surface area contributed by atoms with Crippen molar-refractivity contribution in [2.24, 2.45) is 0 Å². The molecule has 0 atom stereocenters. The van der Waals surface area contributed by atoms with Gasteiger partial charge in [-0.25, -0.2) is 0 Å². The molecule has 4 aromatic heterocycles. The Hall–Kier alpha value is -12.2. The summed E-state index contributed by atoms with van der Waals surface area (Å²) in [7, 11) is 0. The van der Waals surface area contributed by atoms with Gasteiger partial charge in [-0.3, -0.25) is 0 Å². The van der Waals surface area contributed by atoms with Crippen molar-refractivity contribution in [2.75, 3.05) is 19.6 Å². The first kappa shape index (κ1) is 72.3. The van der Waals surface area contributed by atoms with E-state index in [0.29, 0.717) is 11.8 Å². The molecule has 0 unspecified atom stereocenters. The van der Waals surface area contributed by atoms with E-state index in [2.05, 4.69) is 387 Å². The van der Waals surface area contributed by atoms with Gasteiger partial charge in [0.15, 0.2) is 0 Å². The van der Waals surface area contributed by atoms with E-state index in [1.807, 2.05) is 23.5 Å². The average Bonchev–Trinajstić information content (AvgIpc) is 0.709. The normalized spacial score (nSPS) is 13.5. The molecule has 124 heavy (non-hydrogen) atoms. The van der Waals surface area contributed by atoms with Crippen LogP contribution in [0, 0.1) is 0 Å². The first-order chi connectivity index (χ1) is 61.1. The summed E-state index contributed by atoms with van der Waals surface area (Å²) in [6.07, 6.45) is 0. The first-order valence-electron chi connectivity index (χ1n) is 42.4. The molecule has 28 rings (SSSR count). The molecule has 0 N–H and O–H groups in total. The molecule has 4 aliphatic rings. The maximum atomic E-state index is 6.91. The van der Waals surface area contributed by atoms with Crippen molar-refractivity contribution >= 4 is 292 Å². The minimum atomic E-state index is 0.189. The number of hydrogen-bond acceptors (Lipinski definition) is 8. The number of benzene rings is 20. The van der Waals surface area contributed by atoms with E-state index < -0.39 is 0 Å². The van der Waals surface area contributed by atoms with Crippen LogP contribution in [0.15, 0.2) is 359 Å². The fourth-order valence-corrected chi connectivity index (χ4v) is 31.9. The van der Waals surface area contributed by atoms with Crippen molar-refractivity contribution in [3.8, 4) is 23.0 Å². The second-order valence-corrected chi connectivity index (χ2v) is 44.9. The predicted molar refractivity (Wildman–Crippen MR) is 532 cm³/mol. The van der Waals surface area contributed by atoms with Crippen LogP contribution in [0.3, 0.4) is 0 Å². The Morgan fingerprint density at radius 3 is 0.927 bits per heavy atom. The third kappa shape index (κ3) is 10.7. The first-order valence-corrected chi connectivity index (χ1v) is 50.8. The summed E-state index contributed by atoms with van der Waals surface area (Å²) in [6.45, 7) is 9.20. The van der Waals surface area contributed by atoms with Crippen LogP contribution in [0.2, 0.25) is 0 Å². The Kier molecular flexibility index (Phi) is 16.1. The Bertz CT molecular complexity index is 8270. The monoisotopic (exact) mass is 1890 g/mol. The fourth-order valence-electron chi connectivity index (χ4n) is 20.4. The van der Waals surface area contributed by atoms with Gasteiger partial charge in [-0.15, -0.1) is 0 Å². The molecule has 0 amide bonds. The summed E-state index contributed by atoms with van der Waals surface area (Å²) in [4.78, 5) is 15.4. The fraction of sp³-hybridized carbons (Fsp3) is 0.0536. The molecule has 0 fully saturated rings. The number of rotatable bonds is 6. The third-order valence-electron chi connectivity index (χ3n) is 26.1. The predicted octanol–water partition coefficient (Wildman–Crippen LogP) is 32.5. The van der Waals surface area contributed by atoms with E-state index in [0.717, 1.165) is 45.7 Å². The molecular formula is C112H70N4O2S2Se4. The summed E-state index contributed by atoms with van der Waals surface area (Å²) in [5.41, 5.74) is 16.7. The molecule has 0 radical (unpaired) electrons. The van der Waals surface area contributed by atoms with E-state index in [4.69, 9.17) is 9.47 Å². The zero-order chi connectivity index (χ0) is 81.6. The van der Waals surface area contributed by atoms with Gasteiger partial charge in [-0.2, -0.15) is 0 Å². The summed E-state index contributed by atoms with van der Waals surface area (Å²) >= 11 is 4.74. The number of anilines is 12. The van der Waals surface area contributed by atoms with Crippen molar-refractivity contribution in [3.63, 3.8) is 0 Å². The van der Waals surface area contributed by atoms with Gasteiger partial charge in [0.25, 0.3) is 0 Å². The second kappa shape index (κ2) is 27.6. The van der Waals surface area contributed by atoms with E-state index in [1.54, 1.807) is 0 Å². The van der Waals surface area contributed by atoms with Crippen LogP contribution < -0.4 is 29.1 Å². The summed E-state index contributed by atoms with van der Waals surface area (Å²) in [5.74, 6) is 4.14. The molecule has 0 aliphatic carbocycles. The van der Waals surface area contributed by atoms with E-state index in [1.165, 1.54) is 218 Å². The van der Waals surface area contributed by atoms with Crippen LogP contribution in [0.1, 0.15) is 50.7 Å². The van der Waals surface area contributed by atoms with Crippen LogP contribution in [0.25, 0.3) is 142 Å². The number of para-hydroxylation sites is 6.